The number of anilines is 1. The third kappa shape index (κ3) is 8.65. The van der Waals surface area contributed by atoms with E-state index in [0.717, 1.165) is 21.0 Å². The van der Waals surface area contributed by atoms with E-state index < -0.39 is 28.5 Å². The van der Waals surface area contributed by atoms with Crippen LogP contribution in [0.15, 0.2) is 108 Å². The summed E-state index contributed by atoms with van der Waals surface area (Å²) in [5, 5.41) is 3.27. The minimum Gasteiger partial charge on any atom is -0.497 e. The first-order chi connectivity index (χ1) is 21.5. The highest BCUT2D eigenvalue weighted by Gasteiger charge is 2.35. The molecule has 0 spiro atoms. The molecule has 0 saturated heterocycles. The summed E-state index contributed by atoms with van der Waals surface area (Å²) in [5.74, 6) is -0.387. The number of aryl methyl sites for hydroxylation is 1. The molecule has 8 nitrogen and oxygen atoms in total. The number of hydrogen-bond donors (Lipinski definition) is 1. The number of carbonyl (C=O) groups is 2. The molecular weight excluding hydrogens is 610 g/mol. The Morgan fingerprint density at radius 3 is 2.18 bits per heavy atom. The fourth-order valence-corrected chi connectivity index (χ4v) is 6.53. The first-order valence-corrected chi connectivity index (χ1v) is 16.4. The van der Waals surface area contributed by atoms with Crippen molar-refractivity contribution in [3.8, 4) is 5.75 Å². The maximum Gasteiger partial charge on any atom is 0.264 e. The van der Waals surface area contributed by atoms with E-state index in [1.165, 1.54) is 30.2 Å². The number of carbonyl (C=O) groups excluding carboxylic acids is 2. The van der Waals surface area contributed by atoms with E-state index in [4.69, 9.17) is 16.3 Å². The zero-order valence-electron chi connectivity index (χ0n) is 25.8. The number of hydrogen-bond acceptors (Lipinski definition) is 5. The Hall–Kier alpha value is -4.34. The van der Waals surface area contributed by atoms with E-state index in [1.54, 1.807) is 30.3 Å². The standard InChI is InChI=1S/C35H38ClN3O5S/c1-25(2)37-35(41)33(21-27-12-6-5-7-13-27)38(23-28-14-9-8-11-26(28)3)34(40)24-39(30-16-10-15-29(36)22-30)45(42,43)32-19-17-31(44-4)18-20-32/h5-20,22,25,33H,21,23-24H2,1-4H3,(H,37,41). The Balaban J connectivity index is 1.81. The van der Waals surface area contributed by atoms with Crippen molar-refractivity contribution in [1.29, 1.82) is 0 Å². The summed E-state index contributed by atoms with van der Waals surface area (Å²) in [7, 11) is -2.77. The lowest BCUT2D eigenvalue weighted by Crippen LogP contribution is -2.54. The number of rotatable bonds is 13. The minimum atomic E-state index is -4.26. The van der Waals surface area contributed by atoms with Crippen molar-refractivity contribution < 1.29 is 22.7 Å². The summed E-state index contributed by atoms with van der Waals surface area (Å²) in [4.78, 5) is 29.8. The smallest absolute Gasteiger partial charge is 0.264 e. The number of ether oxygens (including phenoxy) is 1. The topological polar surface area (TPSA) is 96.0 Å². The van der Waals surface area contributed by atoms with Crippen molar-refractivity contribution >= 4 is 39.1 Å². The highest BCUT2D eigenvalue weighted by atomic mass is 35.5. The largest absolute Gasteiger partial charge is 0.497 e. The van der Waals surface area contributed by atoms with Gasteiger partial charge in [0.25, 0.3) is 10.0 Å². The van der Waals surface area contributed by atoms with Gasteiger partial charge in [0.05, 0.1) is 17.7 Å². The molecule has 0 heterocycles. The molecule has 10 heteroatoms. The molecule has 0 bridgehead atoms. The van der Waals surface area contributed by atoms with Gasteiger partial charge in [0.2, 0.25) is 11.8 Å². The van der Waals surface area contributed by atoms with Gasteiger partial charge in [0.1, 0.15) is 18.3 Å². The molecular formula is C35H38ClN3O5S. The van der Waals surface area contributed by atoms with E-state index in [1.807, 2.05) is 75.4 Å². The Bertz CT molecular complexity index is 1710. The number of amides is 2. The monoisotopic (exact) mass is 647 g/mol. The van der Waals surface area contributed by atoms with Gasteiger partial charge in [-0.1, -0.05) is 72.3 Å². The van der Waals surface area contributed by atoms with Crippen molar-refractivity contribution in [2.75, 3.05) is 18.0 Å². The van der Waals surface area contributed by atoms with Crippen LogP contribution < -0.4 is 14.4 Å². The molecule has 4 aromatic carbocycles. The van der Waals surface area contributed by atoms with Gasteiger partial charge in [0, 0.05) is 24.0 Å². The molecule has 0 radical (unpaired) electrons. The van der Waals surface area contributed by atoms with Gasteiger partial charge < -0.3 is 15.0 Å². The molecule has 0 aliphatic rings. The predicted octanol–water partition coefficient (Wildman–Crippen LogP) is 6.02. The normalized spacial score (nSPS) is 12.0. The third-order valence-corrected chi connectivity index (χ3v) is 9.35. The second kappa shape index (κ2) is 15.1. The average molecular weight is 648 g/mol. The second-order valence-corrected chi connectivity index (χ2v) is 13.3. The number of nitrogens with zero attached hydrogens (tertiary/aromatic N) is 2. The lowest BCUT2D eigenvalue weighted by Gasteiger charge is -2.34. The molecule has 0 aromatic heterocycles. The molecule has 0 saturated carbocycles. The van der Waals surface area contributed by atoms with Crippen LogP contribution >= 0.6 is 11.6 Å². The maximum absolute atomic E-state index is 14.5. The highest BCUT2D eigenvalue weighted by Crippen LogP contribution is 2.28. The Morgan fingerprint density at radius 2 is 1.56 bits per heavy atom. The van der Waals surface area contributed by atoms with Gasteiger partial charge in [0.15, 0.2) is 0 Å². The van der Waals surface area contributed by atoms with Gasteiger partial charge >= 0.3 is 0 Å². The molecule has 1 atom stereocenters. The third-order valence-electron chi connectivity index (χ3n) is 7.33. The first kappa shape index (κ1) is 33.6. The maximum atomic E-state index is 14.5. The average Bonchev–Trinajstić information content (AvgIpc) is 3.02. The fraction of sp³-hybridized carbons (Fsp3) is 0.257. The summed E-state index contributed by atoms with van der Waals surface area (Å²) in [6, 6.07) is 28.2. The molecule has 4 rings (SSSR count). The van der Waals surface area contributed by atoms with E-state index in [9.17, 15) is 18.0 Å². The van der Waals surface area contributed by atoms with Crippen LogP contribution in [0, 0.1) is 6.92 Å². The summed E-state index contributed by atoms with van der Waals surface area (Å²) in [6.07, 6.45) is 0.236. The summed E-state index contributed by atoms with van der Waals surface area (Å²) in [5.41, 5.74) is 2.86. The van der Waals surface area contributed by atoms with Crippen LogP contribution in [0.5, 0.6) is 5.75 Å². The SMILES string of the molecule is COc1ccc(S(=O)(=O)N(CC(=O)N(Cc2ccccc2C)C(Cc2ccccc2)C(=O)NC(C)C)c2cccc(Cl)c2)cc1. The molecule has 0 aliphatic heterocycles. The zero-order valence-corrected chi connectivity index (χ0v) is 27.4. The molecule has 2 amide bonds. The second-order valence-electron chi connectivity index (χ2n) is 11.0. The van der Waals surface area contributed by atoms with Crippen molar-refractivity contribution in [1.82, 2.24) is 10.2 Å². The van der Waals surface area contributed by atoms with Gasteiger partial charge in [-0.05, 0) is 79.9 Å². The number of methoxy groups -OCH3 is 1. The van der Waals surface area contributed by atoms with Crippen LogP contribution in [-0.2, 0) is 32.6 Å². The van der Waals surface area contributed by atoms with Crippen LogP contribution in [0.25, 0.3) is 0 Å². The zero-order chi connectivity index (χ0) is 32.6. The van der Waals surface area contributed by atoms with Gasteiger partial charge in [-0.15, -0.1) is 0 Å². The number of nitrogens with one attached hydrogen (secondary N) is 1. The van der Waals surface area contributed by atoms with Gasteiger partial charge in [-0.2, -0.15) is 0 Å². The highest BCUT2D eigenvalue weighted by molar-refractivity contribution is 7.92. The molecule has 1 unspecified atom stereocenters. The Kier molecular flexibility index (Phi) is 11.3. The van der Waals surface area contributed by atoms with Crippen LogP contribution in [-0.4, -0.2) is 50.9 Å². The Labute approximate surface area is 270 Å². The van der Waals surface area contributed by atoms with E-state index in [0.29, 0.717) is 10.8 Å². The summed E-state index contributed by atoms with van der Waals surface area (Å²) in [6.45, 7) is 5.17. The molecule has 0 aliphatic carbocycles. The first-order valence-electron chi connectivity index (χ1n) is 14.6. The molecule has 1 N–H and O–H groups in total. The molecule has 0 fully saturated rings. The van der Waals surface area contributed by atoms with E-state index in [-0.39, 0.29) is 35.5 Å². The number of halogens is 1. The van der Waals surface area contributed by atoms with E-state index in [2.05, 4.69) is 5.32 Å². The van der Waals surface area contributed by atoms with E-state index >= 15 is 0 Å². The molecule has 236 valence electrons. The van der Waals surface area contributed by atoms with Gasteiger partial charge in [-0.3, -0.25) is 13.9 Å². The summed E-state index contributed by atoms with van der Waals surface area (Å²) >= 11 is 6.29. The van der Waals surface area contributed by atoms with Crippen molar-refractivity contribution in [2.45, 2.75) is 50.7 Å². The van der Waals surface area contributed by atoms with Crippen LogP contribution in [0.1, 0.15) is 30.5 Å². The number of sulfonamides is 1. The fourth-order valence-electron chi connectivity index (χ4n) is 4.94. The van der Waals surface area contributed by atoms with Crippen LogP contribution in [0.3, 0.4) is 0 Å². The summed E-state index contributed by atoms with van der Waals surface area (Å²) < 4.78 is 34.5. The number of benzene rings is 4. The minimum absolute atomic E-state index is 0.0279. The predicted molar refractivity (Wildman–Crippen MR) is 178 cm³/mol. The quantitative estimate of drug-likeness (QED) is 0.192. The lowest BCUT2D eigenvalue weighted by molar-refractivity contribution is -0.140. The molecule has 45 heavy (non-hydrogen) atoms. The van der Waals surface area contributed by atoms with Crippen LogP contribution in [0.2, 0.25) is 5.02 Å². The van der Waals surface area contributed by atoms with Crippen LogP contribution in [0.4, 0.5) is 5.69 Å². The van der Waals surface area contributed by atoms with Crippen molar-refractivity contribution in [2.24, 2.45) is 0 Å². The lowest BCUT2D eigenvalue weighted by atomic mass is 10.0. The van der Waals surface area contributed by atoms with Crippen molar-refractivity contribution in [3.63, 3.8) is 0 Å². The van der Waals surface area contributed by atoms with Gasteiger partial charge in [-0.25, -0.2) is 8.42 Å². The van der Waals surface area contributed by atoms with Crippen molar-refractivity contribution in [3.05, 3.63) is 125 Å². The Morgan fingerprint density at radius 1 is 0.889 bits per heavy atom. The molecule has 4 aromatic rings.